The second-order valence-corrected chi connectivity index (χ2v) is 6.64. The Bertz CT molecular complexity index is 858. The number of hydrogen-bond donors (Lipinski definition) is 2. The number of benzene rings is 1. The number of fused-ring (bicyclic) bond motifs is 1. The molecule has 1 aliphatic rings. The van der Waals surface area contributed by atoms with Gasteiger partial charge in [0.25, 0.3) is 0 Å². The van der Waals surface area contributed by atoms with Crippen LogP contribution >= 0.6 is 0 Å². The van der Waals surface area contributed by atoms with Crippen molar-refractivity contribution in [2.24, 2.45) is 0 Å². The molecule has 0 unspecified atom stereocenters. The van der Waals surface area contributed by atoms with Crippen LogP contribution in [0.15, 0.2) is 41.4 Å². The first-order valence-corrected chi connectivity index (χ1v) is 8.15. The topological polar surface area (TPSA) is 105 Å². The molecular weight excluding hydrogens is 306 g/mol. The maximum atomic E-state index is 12.5. The standard InChI is InChI=1S/C14H13N3O4S/c18-12-7-6-10(14(19)16-12)17-22(20,21)11-5-1-3-9-4-2-8-15-13(9)11/h1-5,8,10,17H,6-7H2,(H,16,18,19)/t10-/m0/s1. The number of para-hydroxylation sites is 1. The minimum atomic E-state index is -3.92. The molecule has 7 nitrogen and oxygen atoms in total. The third kappa shape index (κ3) is 2.70. The van der Waals surface area contributed by atoms with Gasteiger partial charge in [-0.25, -0.2) is 8.42 Å². The second-order valence-electron chi connectivity index (χ2n) is 4.96. The van der Waals surface area contributed by atoms with Crippen LogP contribution in [-0.4, -0.2) is 31.3 Å². The summed E-state index contributed by atoms with van der Waals surface area (Å²) in [5.74, 6) is -1.03. The summed E-state index contributed by atoms with van der Waals surface area (Å²) >= 11 is 0. The zero-order valence-electron chi connectivity index (χ0n) is 11.4. The van der Waals surface area contributed by atoms with Crippen molar-refractivity contribution in [3.63, 3.8) is 0 Å². The maximum Gasteiger partial charge on any atom is 0.244 e. The van der Waals surface area contributed by atoms with Gasteiger partial charge in [-0.3, -0.25) is 19.9 Å². The molecule has 8 heteroatoms. The van der Waals surface area contributed by atoms with E-state index in [-0.39, 0.29) is 17.7 Å². The predicted molar refractivity (Wildman–Crippen MR) is 78.2 cm³/mol. The molecule has 22 heavy (non-hydrogen) atoms. The van der Waals surface area contributed by atoms with Crippen LogP contribution in [0.25, 0.3) is 10.9 Å². The fraction of sp³-hybridized carbons (Fsp3) is 0.214. The molecule has 1 aromatic heterocycles. The Labute approximate surface area is 126 Å². The van der Waals surface area contributed by atoms with Gasteiger partial charge in [0.2, 0.25) is 21.8 Å². The van der Waals surface area contributed by atoms with E-state index in [0.717, 1.165) is 0 Å². The van der Waals surface area contributed by atoms with Crippen LogP contribution in [0, 0.1) is 0 Å². The molecule has 2 amide bonds. The fourth-order valence-corrected chi connectivity index (χ4v) is 3.76. The number of sulfonamides is 1. The quantitative estimate of drug-likeness (QED) is 0.793. The fourth-order valence-electron chi connectivity index (χ4n) is 2.35. The van der Waals surface area contributed by atoms with Crippen LogP contribution in [0.3, 0.4) is 0 Å². The zero-order valence-corrected chi connectivity index (χ0v) is 12.3. The summed E-state index contributed by atoms with van der Waals surface area (Å²) in [4.78, 5) is 26.9. The highest BCUT2D eigenvalue weighted by atomic mass is 32.2. The van der Waals surface area contributed by atoms with Crippen molar-refractivity contribution in [1.82, 2.24) is 15.0 Å². The van der Waals surface area contributed by atoms with Crippen molar-refractivity contribution in [1.29, 1.82) is 0 Å². The van der Waals surface area contributed by atoms with Crippen molar-refractivity contribution >= 4 is 32.7 Å². The molecule has 0 bridgehead atoms. The van der Waals surface area contributed by atoms with E-state index in [2.05, 4.69) is 15.0 Å². The molecule has 1 fully saturated rings. The molecule has 2 aromatic rings. The summed E-state index contributed by atoms with van der Waals surface area (Å²) in [7, 11) is -3.92. The number of carbonyl (C=O) groups is 2. The summed E-state index contributed by atoms with van der Waals surface area (Å²) in [6.45, 7) is 0. The lowest BCUT2D eigenvalue weighted by Gasteiger charge is -2.21. The Kier molecular flexibility index (Phi) is 3.63. The van der Waals surface area contributed by atoms with E-state index >= 15 is 0 Å². The van der Waals surface area contributed by atoms with Crippen molar-refractivity contribution in [3.05, 3.63) is 36.5 Å². The van der Waals surface area contributed by atoms with Gasteiger partial charge in [-0.2, -0.15) is 4.72 Å². The SMILES string of the molecule is O=C1CC[C@H](NS(=O)(=O)c2cccc3cccnc23)C(=O)N1. The summed E-state index contributed by atoms with van der Waals surface area (Å²) in [6.07, 6.45) is 1.75. The van der Waals surface area contributed by atoms with Gasteiger partial charge in [-0.15, -0.1) is 0 Å². The van der Waals surface area contributed by atoms with E-state index in [4.69, 9.17) is 0 Å². The lowest BCUT2D eigenvalue weighted by molar-refractivity contribution is -0.134. The van der Waals surface area contributed by atoms with E-state index in [1.54, 1.807) is 24.3 Å². The lowest BCUT2D eigenvalue weighted by atomic mass is 10.1. The number of rotatable bonds is 3. The van der Waals surface area contributed by atoms with E-state index in [0.29, 0.717) is 10.9 Å². The third-order valence-electron chi connectivity index (χ3n) is 3.42. The van der Waals surface area contributed by atoms with Crippen LogP contribution in [0.1, 0.15) is 12.8 Å². The summed E-state index contributed by atoms with van der Waals surface area (Å²) in [6, 6.07) is 7.32. The Morgan fingerprint density at radius 1 is 1.18 bits per heavy atom. The third-order valence-corrected chi connectivity index (χ3v) is 4.93. The van der Waals surface area contributed by atoms with Gasteiger partial charge in [0, 0.05) is 18.0 Å². The number of nitrogens with one attached hydrogen (secondary N) is 2. The summed E-state index contributed by atoms with van der Waals surface area (Å²) < 4.78 is 27.4. The Balaban J connectivity index is 1.95. The molecule has 114 valence electrons. The van der Waals surface area contributed by atoms with Crippen molar-refractivity contribution in [2.45, 2.75) is 23.8 Å². The highest BCUT2D eigenvalue weighted by molar-refractivity contribution is 7.89. The smallest absolute Gasteiger partial charge is 0.244 e. The molecule has 0 saturated carbocycles. The van der Waals surface area contributed by atoms with E-state index in [9.17, 15) is 18.0 Å². The highest BCUT2D eigenvalue weighted by Gasteiger charge is 2.31. The number of hydrogen-bond acceptors (Lipinski definition) is 5. The van der Waals surface area contributed by atoms with Crippen LogP contribution in [0.4, 0.5) is 0 Å². The van der Waals surface area contributed by atoms with E-state index in [1.165, 1.54) is 12.3 Å². The number of piperidine rings is 1. The number of amides is 2. The average Bonchev–Trinajstić information content (AvgIpc) is 2.49. The van der Waals surface area contributed by atoms with Gasteiger partial charge in [0.15, 0.2) is 0 Å². The normalized spacial score (nSPS) is 19.2. The highest BCUT2D eigenvalue weighted by Crippen LogP contribution is 2.21. The first kappa shape index (κ1) is 14.6. The average molecular weight is 319 g/mol. The molecule has 1 aromatic carbocycles. The Morgan fingerprint density at radius 2 is 1.95 bits per heavy atom. The van der Waals surface area contributed by atoms with Crippen LogP contribution in [0.5, 0.6) is 0 Å². The monoisotopic (exact) mass is 319 g/mol. The molecule has 1 saturated heterocycles. The molecule has 0 radical (unpaired) electrons. The minimum Gasteiger partial charge on any atom is -0.295 e. The lowest BCUT2D eigenvalue weighted by Crippen LogP contribution is -2.52. The summed E-state index contributed by atoms with van der Waals surface area (Å²) in [5, 5.41) is 2.81. The van der Waals surface area contributed by atoms with Crippen LogP contribution in [-0.2, 0) is 19.6 Å². The van der Waals surface area contributed by atoms with Crippen LogP contribution < -0.4 is 10.0 Å². The molecule has 1 atom stereocenters. The van der Waals surface area contributed by atoms with E-state index < -0.39 is 27.9 Å². The number of imide groups is 1. The molecule has 2 N–H and O–H groups in total. The van der Waals surface area contributed by atoms with Crippen molar-refractivity contribution < 1.29 is 18.0 Å². The zero-order chi connectivity index (χ0) is 15.7. The Hall–Kier alpha value is -2.32. The van der Waals surface area contributed by atoms with Gasteiger partial charge in [-0.05, 0) is 18.6 Å². The molecule has 2 heterocycles. The number of nitrogens with zero attached hydrogens (tertiary/aromatic N) is 1. The molecule has 0 spiro atoms. The van der Waals surface area contributed by atoms with Gasteiger partial charge in [0.1, 0.15) is 10.9 Å². The Morgan fingerprint density at radius 3 is 2.73 bits per heavy atom. The van der Waals surface area contributed by atoms with Crippen LogP contribution in [0.2, 0.25) is 0 Å². The predicted octanol–water partition coefficient (Wildman–Crippen LogP) is 0.318. The summed E-state index contributed by atoms with van der Waals surface area (Å²) in [5.41, 5.74) is 0.338. The molecule has 3 rings (SSSR count). The number of pyridine rings is 1. The van der Waals surface area contributed by atoms with Gasteiger partial charge >= 0.3 is 0 Å². The molecule has 0 aliphatic carbocycles. The molecular formula is C14H13N3O4S. The maximum absolute atomic E-state index is 12.5. The van der Waals surface area contributed by atoms with E-state index in [1.807, 2.05) is 0 Å². The first-order chi connectivity index (χ1) is 10.5. The van der Waals surface area contributed by atoms with Gasteiger partial charge < -0.3 is 0 Å². The van der Waals surface area contributed by atoms with Gasteiger partial charge in [0.05, 0.1) is 5.52 Å². The van der Waals surface area contributed by atoms with Crippen molar-refractivity contribution in [2.75, 3.05) is 0 Å². The largest absolute Gasteiger partial charge is 0.295 e. The molecule has 1 aliphatic heterocycles. The van der Waals surface area contributed by atoms with Gasteiger partial charge in [-0.1, -0.05) is 18.2 Å². The number of aromatic nitrogens is 1. The van der Waals surface area contributed by atoms with Crippen molar-refractivity contribution in [3.8, 4) is 0 Å². The minimum absolute atomic E-state index is 0.00954. The first-order valence-electron chi connectivity index (χ1n) is 6.67. The second kappa shape index (κ2) is 5.47. The number of carbonyl (C=O) groups excluding carboxylic acids is 2.